The van der Waals surface area contributed by atoms with Crippen LogP contribution < -0.4 is 0 Å². The van der Waals surface area contributed by atoms with Crippen LogP contribution in [0.1, 0.15) is 16.8 Å². The minimum absolute atomic E-state index is 0.0248. The third kappa shape index (κ3) is 2.74. The predicted octanol–water partition coefficient (Wildman–Crippen LogP) is 1.48. The van der Waals surface area contributed by atoms with Gasteiger partial charge in [-0.05, 0) is 24.6 Å². The molecule has 1 N–H and O–H groups in total. The molecule has 22 heavy (non-hydrogen) atoms. The number of ether oxygens (including phenoxy) is 1. The van der Waals surface area contributed by atoms with Crippen LogP contribution >= 0.6 is 0 Å². The van der Waals surface area contributed by atoms with E-state index in [9.17, 15) is 9.59 Å². The Bertz CT molecular complexity index is 697. The fraction of sp³-hybridized carbons (Fsp3) is 0.400. The lowest BCUT2D eigenvalue weighted by Gasteiger charge is -2.21. The van der Waals surface area contributed by atoms with Gasteiger partial charge in [0.15, 0.2) is 0 Å². The zero-order valence-corrected chi connectivity index (χ0v) is 12.4. The number of benzene rings is 1. The van der Waals surface area contributed by atoms with Gasteiger partial charge in [0.1, 0.15) is 0 Å². The van der Waals surface area contributed by atoms with Crippen LogP contribution in [0.2, 0.25) is 0 Å². The topological polar surface area (TPSA) is 78.5 Å². The summed E-state index contributed by atoms with van der Waals surface area (Å²) in [4.78, 5) is 34.8. The van der Waals surface area contributed by atoms with Crippen LogP contribution in [-0.4, -0.2) is 65.1 Å². The van der Waals surface area contributed by atoms with E-state index in [4.69, 9.17) is 4.74 Å². The number of aromatic amines is 1. The smallest absolute Gasteiger partial charge is 0.409 e. The third-order valence-electron chi connectivity index (χ3n) is 3.88. The Morgan fingerprint density at radius 2 is 1.95 bits per heavy atom. The number of aromatic nitrogens is 2. The molecule has 7 nitrogen and oxygen atoms in total. The maximum absolute atomic E-state index is 12.6. The number of carbonyl (C=O) groups is 2. The molecule has 3 rings (SSSR count). The predicted molar refractivity (Wildman–Crippen MR) is 80.6 cm³/mol. The van der Waals surface area contributed by atoms with Crippen molar-refractivity contribution >= 4 is 23.0 Å². The van der Waals surface area contributed by atoms with Crippen molar-refractivity contribution < 1.29 is 14.3 Å². The Kier molecular flexibility index (Phi) is 3.95. The fourth-order valence-electron chi connectivity index (χ4n) is 2.68. The van der Waals surface area contributed by atoms with Gasteiger partial charge in [0, 0.05) is 31.7 Å². The lowest BCUT2D eigenvalue weighted by Crippen LogP contribution is -2.37. The van der Waals surface area contributed by atoms with Crippen molar-refractivity contribution in [2.75, 3.05) is 33.3 Å². The van der Waals surface area contributed by atoms with Gasteiger partial charge >= 0.3 is 6.09 Å². The highest BCUT2D eigenvalue weighted by molar-refractivity contribution is 5.97. The van der Waals surface area contributed by atoms with E-state index >= 15 is 0 Å². The van der Waals surface area contributed by atoms with Gasteiger partial charge < -0.3 is 19.5 Å². The molecule has 0 bridgehead atoms. The zero-order chi connectivity index (χ0) is 15.5. The Morgan fingerprint density at radius 3 is 2.77 bits per heavy atom. The molecule has 1 fully saturated rings. The summed E-state index contributed by atoms with van der Waals surface area (Å²) < 4.78 is 4.74. The molecule has 0 radical (unpaired) electrons. The van der Waals surface area contributed by atoms with E-state index in [1.165, 1.54) is 7.11 Å². The average molecular weight is 302 g/mol. The van der Waals surface area contributed by atoms with Gasteiger partial charge in [-0.25, -0.2) is 9.78 Å². The van der Waals surface area contributed by atoms with E-state index < -0.39 is 0 Å². The quantitative estimate of drug-likeness (QED) is 0.865. The van der Waals surface area contributed by atoms with Crippen molar-refractivity contribution in [3.05, 3.63) is 30.1 Å². The van der Waals surface area contributed by atoms with Crippen LogP contribution in [0.25, 0.3) is 11.0 Å². The lowest BCUT2D eigenvalue weighted by molar-refractivity contribution is 0.0757. The summed E-state index contributed by atoms with van der Waals surface area (Å²) >= 11 is 0. The number of carbonyl (C=O) groups excluding carboxylic acids is 2. The molecule has 116 valence electrons. The molecule has 2 amide bonds. The van der Waals surface area contributed by atoms with Crippen LogP contribution in [0.15, 0.2) is 24.5 Å². The van der Waals surface area contributed by atoms with E-state index in [0.717, 1.165) is 17.5 Å². The number of imidazole rings is 1. The molecule has 7 heteroatoms. The molecule has 0 spiro atoms. The molecular weight excluding hydrogens is 284 g/mol. The lowest BCUT2D eigenvalue weighted by atomic mass is 10.1. The first-order valence-corrected chi connectivity index (χ1v) is 7.24. The fourth-order valence-corrected chi connectivity index (χ4v) is 2.68. The van der Waals surface area contributed by atoms with Gasteiger partial charge in [-0.3, -0.25) is 4.79 Å². The summed E-state index contributed by atoms with van der Waals surface area (Å²) in [6.07, 6.45) is 2.01. The van der Waals surface area contributed by atoms with Gasteiger partial charge in [-0.2, -0.15) is 0 Å². The number of amides is 2. The van der Waals surface area contributed by atoms with Gasteiger partial charge in [-0.15, -0.1) is 0 Å². The summed E-state index contributed by atoms with van der Waals surface area (Å²) in [6.45, 7) is 2.24. The Hall–Kier alpha value is -2.57. The maximum atomic E-state index is 12.6. The van der Waals surface area contributed by atoms with Crippen molar-refractivity contribution in [1.82, 2.24) is 19.8 Å². The number of rotatable bonds is 1. The summed E-state index contributed by atoms with van der Waals surface area (Å²) in [7, 11) is 1.37. The van der Waals surface area contributed by atoms with E-state index in [2.05, 4.69) is 9.97 Å². The SMILES string of the molecule is COC(=O)N1CCCN(C(=O)c2ccc3nc[nH]c3c2)CC1. The molecule has 0 saturated carbocycles. The molecule has 1 aromatic heterocycles. The monoisotopic (exact) mass is 302 g/mol. The number of methoxy groups -OCH3 is 1. The summed E-state index contributed by atoms with van der Waals surface area (Å²) in [5, 5.41) is 0. The molecule has 2 heterocycles. The van der Waals surface area contributed by atoms with E-state index in [-0.39, 0.29) is 12.0 Å². The van der Waals surface area contributed by atoms with Crippen LogP contribution in [-0.2, 0) is 4.74 Å². The molecule has 1 aliphatic heterocycles. The number of nitrogens with one attached hydrogen (secondary N) is 1. The summed E-state index contributed by atoms with van der Waals surface area (Å²) in [5.74, 6) is -0.0248. The van der Waals surface area contributed by atoms with Crippen molar-refractivity contribution in [2.45, 2.75) is 6.42 Å². The molecule has 0 atom stereocenters. The van der Waals surface area contributed by atoms with E-state index in [1.54, 1.807) is 22.2 Å². The Labute approximate surface area is 127 Å². The van der Waals surface area contributed by atoms with Crippen molar-refractivity contribution in [3.63, 3.8) is 0 Å². The van der Waals surface area contributed by atoms with Crippen LogP contribution in [0, 0.1) is 0 Å². The Morgan fingerprint density at radius 1 is 1.18 bits per heavy atom. The van der Waals surface area contributed by atoms with Crippen LogP contribution in [0.4, 0.5) is 4.79 Å². The molecule has 0 unspecified atom stereocenters. The van der Waals surface area contributed by atoms with E-state index in [1.807, 2.05) is 12.1 Å². The number of hydrogen-bond donors (Lipinski definition) is 1. The highest BCUT2D eigenvalue weighted by Gasteiger charge is 2.23. The molecule has 2 aromatic rings. The second-order valence-electron chi connectivity index (χ2n) is 5.24. The highest BCUT2D eigenvalue weighted by atomic mass is 16.5. The van der Waals surface area contributed by atoms with Gasteiger partial charge in [0.05, 0.1) is 24.5 Å². The average Bonchev–Trinajstić information content (AvgIpc) is 2.88. The molecule has 0 aliphatic carbocycles. The summed E-state index contributed by atoms with van der Waals surface area (Å²) in [5.41, 5.74) is 2.31. The number of fused-ring (bicyclic) bond motifs is 1. The first-order valence-electron chi connectivity index (χ1n) is 7.24. The number of H-pyrrole nitrogens is 1. The summed E-state index contributed by atoms with van der Waals surface area (Å²) in [6, 6.07) is 5.43. The molecular formula is C15H18N4O3. The zero-order valence-electron chi connectivity index (χ0n) is 12.4. The minimum Gasteiger partial charge on any atom is -0.453 e. The molecule has 1 aromatic carbocycles. The van der Waals surface area contributed by atoms with Crippen molar-refractivity contribution in [1.29, 1.82) is 0 Å². The Balaban J connectivity index is 1.73. The molecule has 1 saturated heterocycles. The van der Waals surface area contributed by atoms with Gasteiger partial charge in [0.25, 0.3) is 5.91 Å². The van der Waals surface area contributed by atoms with E-state index in [0.29, 0.717) is 31.7 Å². The van der Waals surface area contributed by atoms with Crippen LogP contribution in [0.3, 0.4) is 0 Å². The third-order valence-corrected chi connectivity index (χ3v) is 3.88. The first-order chi connectivity index (χ1) is 10.7. The van der Waals surface area contributed by atoms with Gasteiger partial charge in [-0.1, -0.05) is 0 Å². The molecule has 1 aliphatic rings. The second-order valence-corrected chi connectivity index (χ2v) is 5.24. The first kappa shape index (κ1) is 14.4. The normalized spacial score (nSPS) is 15.7. The maximum Gasteiger partial charge on any atom is 0.409 e. The van der Waals surface area contributed by atoms with Gasteiger partial charge in [0.2, 0.25) is 0 Å². The standard InChI is InChI=1S/C15H18N4O3/c1-22-15(21)19-6-2-5-18(7-8-19)14(20)11-3-4-12-13(9-11)17-10-16-12/h3-4,9-10H,2,5-8H2,1H3,(H,16,17). The number of nitrogens with zero attached hydrogens (tertiary/aromatic N) is 3. The second kappa shape index (κ2) is 6.05. The number of hydrogen-bond acceptors (Lipinski definition) is 4. The van der Waals surface area contributed by atoms with Crippen molar-refractivity contribution in [2.24, 2.45) is 0 Å². The van der Waals surface area contributed by atoms with Crippen molar-refractivity contribution in [3.8, 4) is 0 Å². The van der Waals surface area contributed by atoms with Crippen LogP contribution in [0.5, 0.6) is 0 Å². The minimum atomic E-state index is -0.340. The highest BCUT2D eigenvalue weighted by Crippen LogP contribution is 2.15. The largest absolute Gasteiger partial charge is 0.453 e.